The molecule has 0 saturated heterocycles. The lowest BCUT2D eigenvalue weighted by atomic mass is 9.96. The third-order valence-corrected chi connectivity index (χ3v) is 2.39. The van der Waals surface area contributed by atoms with Gasteiger partial charge in [0.05, 0.1) is 5.92 Å². The van der Waals surface area contributed by atoms with Crippen LogP contribution in [0.5, 0.6) is 0 Å². The number of hydrogen-bond acceptors (Lipinski definition) is 3. The second-order valence-electron chi connectivity index (χ2n) is 3.40. The van der Waals surface area contributed by atoms with Gasteiger partial charge in [-0.25, -0.2) is 0 Å². The molecule has 82 valence electrons. The molecule has 3 heteroatoms. The Kier molecular flexibility index (Phi) is 6.17. The number of rotatable bonds is 6. The van der Waals surface area contributed by atoms with Gasteiger partial charge >= 0.3 is 5.97 Å². The highest BCUT2D eigenvalue weighted by atomic mass is 16.5. The highest BCUT2D eigenvalue weighted by Gasteiger charge is 2.23. The van der Waals surface area contributed by atoms with Crippen molar-refractivity contribution in [2.45, 2.75) is 53.1 Å². The van der Waals surface area contributed by atoms with Crippen LogP contribution in [0, 0.1) is 5.92 Å². The zero-order chi connectivity index (χ0) is 11.1. The van der Waals surface area contributed by atoms with E-state index in [2.05, 4.69) is 0 Å². The fraction of sp³-hybridized carbons (Fsp3) is 0.818. The van der Waals surface area contributed by atoms with Crippen molar-refractivity contribution in [2.24, 2.45) is 5.92 Å². The summed E-state index contributed by atoms with van der Waals surface area (Å²) in [4.78, 5) is 22.5. The number of ketones is 1. The average molecular weight is 200 g/mol. The van der Waals surface area contributed by atoms with Gasteiger partial charge in [-0.05, 0) is 6.42 Å². The molecule has 0 aliphatic carbocycles. The zero-order valence-corrected chi connectivity index (χ0v) is 9.50. The molecule has 0 rings (SSSR count). The normalized spacial score (nSPS) is 14.6. The van der Waals surface area contributed by atoms with Crippen molar-refractivity contribution < 1.29 is 14.3 Å². The summed E-state index contributed by atoms with van der Waals surface area (Å²) in [6.07, 6.45) is 1.30. The van der Waals surface area contributed by atoms with Gasteiger partial charge in [-0.3, -0.25) is 9.59 Å². The molecule has 0 aromatic carbocycles. The van der Waals surface area contributed by atoms with Gasteiger partial charge in [0.25, 0.3) is 0 Å². The quantitative estimate of drug-likeness (QED) is 0.618. The van der Waals surface area contributed by atoms with E-state index in [1.165, 1.54) is 0 Å². The molecule has 14 heavy (non-hydrogen) atoms. The van der Waals surface area contributed by atoms with Crippen LogP contribution in [-0.2, 0) is 14.3 Å². The van der Waals surface area contributed by atoms with E-state index in [0.29, 0.717) is 19.3 Å². The fourth-order valence-corrected chi connectivity index (χ4v) is 1.32. The van der Waals surface area contributed by atoms with Crippen LogP contribution in [-0.4, -0.2) is 17.9 Å². The number of Topliss-reactive ketones (excluding diaryl/α,β-unsaturated/α-hetero) is 1. The summed E-state index contributed by atoms with van der Waals surface area (Å²) in [5, 5.41) is 0. The van der Waals surface area contributed by atoms with Crippen LogP contribution in [0.1, 0.15) is 47.0 Å². The van der Waals surface area contributed by atoms with Crippen LogP contribution < -0.4 is 0 Å². The monoisotopic (exact) mass is 200 g/mol. The van der Waals surface area contributed by atoms with E-state index in [1.54, 1.807) is 6.92 Å². The fourth-order valence-electron chi connectivity index (χ4n) is 1.32. The summed E-state index contributed by atoms with van der Waals surface area (Å²) in [5.74, 6) is -0.256. The van der Waals surface area contributed by atoms with Gasteiger partial charge in [-0.1, -0.05) is 27.7 Å². The number of ether oxygens (including phenoxy) is 1. The third-order valence-electron chi connectivity index (χ3n) is 2.39. The lowest BCUT2D eigenvalue weighted by Crippen LogP contribution is -2.29. The molecule has 0 spiro atoms. The molecule has 0 aromatic heterocycles. The first-order valence-electron chi connectivity index (χ1n) is 5.28. The topological polar surface area (TPSA) is 43.4 Å². The first-order valence-corrected chi connectivity index (χ1v) is 5.28. The standard InChI is InChI=1S/C11H20O3/c1-5-9(12)8(4)10(6-2)14-11(13)7-3/h8,10H,5-7H2,1-4H3/t8-,10-/m0/s1. The zero-order valence-electron chi connectivity index (χ0n) is 9.50. The Morgan fingerprint density at radius 1 is 1.14 bits per heavy atom. The van der Waals surface area contributed by atoms with Crippen LogP contribution in [0.4, 0.5) is 0 Å². The molecule has 0 N–H and O–H groups in total. The van der Waals surface area contributed by atoms with E-state index in [1.807, 2.05) is 20.8 Å². The third kappa shape index (κ3) is 3.90. The smallest absolute Gasteiger partial charge is 0.305 e. The van der Waals surface area contributed by atoms with E-state index in [0.717, 1.165) is 0 Å². The van der Waals surface area contributed by atoms with Gasteiger partial charge in [0.15, 0.2) is 0 Å². The molecule has 0 unspecified atom stereocenters. The Balaban J connectivity index is 4.25. The van der Waals surface area contributed by atoms with Crippen LogP contribution in [0.2, 0.25) is 0 Å². The Hall–Kier alpha value is -0.860. The summed E-state index contributed by atoms with van der Waals surface area (Å²) in [7, 11) is 0. The van der Waals surface area contributed by atoms with E-state index in [-0.39, 0.29) is 23.8 Å². The first kappa shape index (κ1) is 13.1. The van der Waals surface area contributed by atoms with Crippen molar-refractivity contribution >= 4 is 11.8 Å². The van der Waals surface area contributed by atoms with Gasteiger partial charge in [-0.15, -0.1) is 0 Å². The molecule has 0 bridgehead atoms. The van der Waals surface area contributed by atoms with Crippen LogP contribution in [0.15, 0.2) is 0 Å². The molecular formula is C11H20O3. The summed E-state index contributed by atoms with van der Waals surface area (Å²) < 4.78 is 5.17. The molecule has 0 aromatic rings. The van der Waals surface area contributed by atoms with Crippen molar-refractivity contribution in [1.29, 1.82) is 0 Å². The molecule has 0 aliphatic heterocycles. The van der Waals surface area contributed by atoms with Crippen molar-refractivity contribution in [2.75, 3.05) is 0 Å². The first-order chi connectivity index (χ1) is 6.56. The molecule has 0 aliphatic rings. The summed E-state index contributed by atoms with van der Waals surface area (Å²) in [6.45, 7) is 7.32. The molecule has 2 atom stereocenters. The van der Waals surface area contributed by atoms with Crippen molar-refractivity contribution in [3.05, 3.63) is 0 Å². The minimum absolute atomic E-state index is 0.153. The highest BCUT2D eigenvalue weighted by Crippen LogP contribution is 2.14. The molecule has 0 heterocycles. The van der Waals surface area contributed by atoms with Crippen molar-refractivity contribution in [1.82, 2.24) is 0 Å². The van der Waals surface area contributed by atoms with Crippen molar-refractivity contribution in [3.63, 3.8) is 0 Å². The van der Waals surface area contributed by atoms with Gasteiger partial charge in [-0.2, -0.15) is 0 Å². The van der Waals surface area contributed by atoms with Crippen molar-refractivity contribution in [3.8, 4) is 0 Å². The Morgan fingerprint density at radius 3 is 2.07 bits per heavy atom. The van der Waals surface area contributed by atoms with Gasteiger partial charge in [0.2, 0.25) is 0 Å². The van der Waals surface area contributed by atoms with E-state index < -0.39 is 0 Å². The number of carbonyl (C=O) groups is 2. The van der Waals surface area contributed by atoms with E-state index in [4.69, 9.17) is 4.74 Å². The van der Waals surface area contributed by atoms with E-state index in [9.17, 15) is 9.59 Å². The summed E-state index contributed by atoms with van der Waals surface area (Å²) in [5.41, 5.74) is 0. The lowest BCUT2D eigenvalue weighted by molar-refractivity contribution is -0.153. The minimum atomic E-state index is -0.255. The molecular weight excluding hydrogens is 180 g/mol. The Bertz CT molecular complexity index is 199. The lowest BCUT2D eigenvalue weighted by Gasteiger charge is -2.21. The minimum Gasteiger partial charge on any atom is -0.462 e. The maximum absolute atomic E-state index is 11.4. The molecule has 0 saturated carbocycles. The maximum atomic E-state index is 11.4. The maximum Gasteiger partial charge on any atom is 0.305 e. The SMILES string of the molecule is CCC(=O)O[C@@H](CC)[C@@H](C)C(=O)CC. The Morgan fingerprint density at radius 2 is 1.71 bits per heavy atom. The Labute approximate surface area is 85.8 Å². The molecule has 0 radical (unpaired) electrons. The number of esters is 1. The predicted octanol–water partition coefficient (Wildman–Crippen LogP) is 2.33. The number of carbonyl (C=O) groups excluding carboxylic acids is 2. The summed E-state index contributed by atoms with van der Waals surface area (Å²) in [6, 6.07) is 0. The average Bonchev–Trinajstić information content (AvgIpc) is 2.23. The van der Waals surface area contributed by atoms with E-state index >= 15 is 0 Å². The molecule has 3 nitrogen and oxygen atoms in total. The second kappa shape index (κ2) is 6.57. The van der Waals surface area contributed by atoms with Gasteiger partial charge < -0.3 is 4.74 Å². The second-order valence-corrected chi connectivity index (χ2v) is 3.40. The van der Waals surface area contributed by atoms with Gasteiger partial charge in [0, 0.05) is 12.8 Å². The highest BCUT2D eigenvalue weighted by molar-refractivity contribution is 5.81. The molecule has 0 fully saturated rings. The largest absolute Gasteiger partial charge is 0.462 e. The van der Waals surface area contributed by atoms with Crippen LogP contribution in [0.25, 0.3) is 0 Å². The van der Waals surface area contributed by atoms with Crippen LogP contribution in [0.3, 0.4) is 0 Å². The molecule has 0 amide bonds. The van der Waals surface area contributed by atoms with Crippen LogP contribution >= 0.6 is 0 Å². The summed E-state index contributed by atoms with van der Waals surface area (Å²) >= 11 is 0. The van der Waals surface area contributed by atoms with Gasteiger partial charge in [0.1, 0.15) is 11.9 Å². The number of hydrogen-bond donors (Lipinski definition) is 0. The predicted molar refractivity (Wildman–Crippen MR) is 54.9 cm³/mol.